The largest absolute Gasteiger partial charge is 0.381 e. The van der Waals surface area contributed by atoms with Gasteiger partial charge >= 0.3 is 0 Å². The van der Waals surface area contributed by atoms with E-state index in [0.717, 1.165) is 58.4 Å². The third-order valence-electron chi connectivity index (χ3n) is 4.33. The van der Waals surface area contributed by atoms with Crippen LogP contribution >= 0.6 is 0 Å². The van der Waals surface area contributed by atoms with Crippen LogP contribution in [0.3, 0.4) is 0 Å². The molecule has 1 unspecified atom stereocenters. The lowest BCUT2D eigenvalue weighted by Gasteiger charge is -2.29. The Balaban J connectivity index is 1.90. The minimum absolute atomic E-state index is 0.0433. The number of Topliss-reactive ketones (excluding diaryl/α,β-unsaturated/α-hetero) is 1. The second kappa shape index (κ2) is 5.28. The van der Waals surface area contributed by atoms with Gasteiger partial charge in [-0.2, -0.15) is 0 Å². The Morgan fingerprint density at radius 2 is 2.19 bits per heavy atom. The first-order chi connectivity index (χ1) is 7.77. The molecule has 3 heteroatoms. The van der Waals surface area contributed by atoms with Crippen molar-refractivity contribution in [2.24, 2.45) is 11.3 Å². The molecule has 0 aromatic heterocycles. The predicted octanol–water partition coefficient (Wildman–Crippen LogP) is 1.76. The Bertz CT molecular complexity index is 240. The number of ketones is 1. The van der Waals surface area contributed by atoms with Crippen LogP contribution in [0, 0.1) is 11.3 Å². The summed E-state index contributed by atoms with van der Waals surface area (Å²) < 4.78 is 5.33. The lowest BCUT2D eigenvalue weighted by molar-refractivity contribution is -0.129. The second-order valence-corrected chi connectivity index (χ2v) is 5.24. The third kappa shape index (κ3) is 2.46. The van der Waals surface area contributed by atoms with Crippen LogP contribution in [0.5, 0.6) is 0 Å². The third-order valence-corrected chi connectivity index (χ3v) is 4.33. The number of rotatable bonds is 4. The van der Waals surface area contributed by atoms with Crippen molar-refractivity contribution in [3.8, 4) is 0 Å². The van der Waals surface area contributed by atoms with Crippen molar-refractivity contribution in [1.82, 2.24) is 5.32 Å². The first-order valence-corrected chi connectivity index (χ1v) is 6.58. The molecule has 1 atom stereocenters. The first kappa shape index (κ1) is 12.1. The summed E-state index contributed by atoms with van der Waals surface area (Å²) in [6, 6.07) is 0. The van der Waals surface area contributed by atoms with E-state index < -0.39 is 0 Å². The van der Waals surface area contributed by atoms with Gasteiger partial charge < -0.3 is 10.1 Å². The van der Waals surface area contributed by atoms with Gasteiger partial charge in [0.1, 0.15) is 5.78 Å². The van der Waals surface area contributed by atoms with Gasteiger partial charge in [-0.15, -0.1) is 0 Å². The predicted molar refractivity (Wildman–Crippen MR) is 63.4 cm³/mol. The summed E-state index contributed by atoms with van der Waals surface area (Å²) in [7, 11) is 0. The lowest BCUT2D eigenvalue weighted by Crippen LogP contribution is -2.35. The van der Waals surface area contributed by atoms with E-state index in [2.05, 4.69) is 12.2 Å². The minimum atomic E-state index is -0.0433. The van der Waals surface area contributed by atoms with Crippen LogP contribution < -0.4 is 5.32 Å². The molecule has 92 valence electrons. The van der Waals surface area contributed by atoms with Gasteiger partial charge in [0.2, 0.25) is 0 Å². The summed E-state index contributed by atoms with van der Waals surface area (Å²) in [5.41, 5.74) is -0.0433. The van der Waals surface area contributed by atoms with Gasteiger partial charge in [0.15, 0.2) is 0 Å². The number of carbonyl (C=O) groups is 1. The van der Waals surface area contributed by atoms with Gasteiger partial charge in [0.25, 0.3) is 0 Å². The SMILES string of the molecule is CCC1(C(=O)CC2CCOCC2)CCNC1. The lowest BCUT2D eigenvalue weighted by atomic mass is 9.76. The molecule has 0 aliphatic carbocycles. The number of hydrogen-bond acceptors (Lipinski definition) is 3. The molecule has 2 rings (SSSR count). The Kier molecular flexibility index (Phi) is 3.98. The minimum Gasteiger partial charge on any atom is -0.381 e. The fourth-order valence-corrected chi connectivity index (χ4v) is 2.91. The maximum absolute atomic E-state index is 12.4. The molecule has 2 fully saturated rings. The summed E-state index contributed by atoms with van der Waals surface area (Å²) >= 11 is 0. The average Bonchev–Trinajstić information content (AvgIpc) is 2.80. The molecule has 2 aliphatic rings. The summed E-state index contributed by atoms with van der Waals surface area (Å²) in [4.78, 5) is 12.4. The molecule has 0 spiro atoms. The molecular formula is C13H23NO2. The quantitative estimate of drug-likeness (QED) is 0.792. The Labute approximate surface area is 97.9 Å². The highest BCUT2D eigenvalue weighted by Crippen LogP contribution is 2.34. The molecule has 0 saturated carbocycles. The smallest absolute Gasteiger partial charge is 0.140 e. The van der Waals surface area contributed by atoms with Crippen molar-refractivity contribution in [3.63, 3.8) is 0 Å². The van der Waals surface area contributed by atoms with E-state index in [4.69, 9.17) is 4.74 Å². The van der Waals surface area contributed by atoms with E-state index in [1.54, 1.807) is 0 Å². The Hall–Kier alpha value is -0.410. The molecule has 1 N–H and O–H groups in total. The van der Waals surface area contributed by atoms with Crippen LogP contribution in [0.15, 0.2) is 0 Å². The maximum Gasteiger partial charge on any atom is 0.140 e. The molecule has 0 radical (unpaired) electrons. The molecule has 0 aromatic carbocycles. The van der Waals surface area contributed by atoms with Crippen LogP contribution in [-0.4, -0.2) is 32.1 Å². The molecular weight excluding hydrogens is 202 g/mol. The van der Waals surface area contributed by atoms with Gasteiger partial charge in [-0.1, -0.05) is 6.92 Å². The zero-order valence-corrected chi connectivity index (χ0v) is 10.3. The highest BCUT2D eigenvalue weighted by Gasteiger charge is 2.39. The van der Waals surface area contributed by atoms with Gasteiger partial charge in [0, 0.05) is 31.6 Å². The molecule has 3 nitrogen and oxygen atoms in total. The van der Waals surface area contributed by atoms with Crippen LogP contribution in [0.4, 0.5) is 0 Å². The zero-order chi connectivity index (χ0) is 11.4. The van der Waals surface area contributed by atoms with Crippen molar-refractivity contribution in [1.29, 1.82) is 0 Å². The number of ether oxygens (including phenoxy) is 1. The van der Waals surface area contributed by atoms with E-state index in [9.17, 15) is 4.79 Å². The van der Waals surface area contributed by atoms with E-state index >= 15 is 0 Å². The molecule has 2 saturated heterocycles. The molecule has 2 aliphatic heterocycles. The summed E-state index contributed by atoms with van der Waals surface area (Å²) in [6.45, 7) is 5.73. The monoisotopic (exact) mass is 225 g/mol. The van der Waals surface area contributed by atoms with Crippen LogP contribution in [0.2, 0.25) is 0 Å². The van der Waals surface area contributed by atoms with Crippen molar-refractivity contribution in [2.75, 3.05) is 26.3 Å². The Morgan fingerprint density at radius 3 is 2.75 bits per heavy atom. The first-order valence-electron chi connectivity index (χ1n) is 6.58. The molecule has 2 heterocycles. The Morgan fingerprint density at radius 1 is 1.44 bits per heavy atom. The molecule has 0 amide bonds. The molecule has 0 bridgehead atoms. The van der Waals surface area contributed by atoms with Gasteiger partial charge in [0.05, 0.1) is 0 Å². The van der Waals surface area contributed by atoms with Crippen LogP contribution in [-0.2, 0) is 9.53 Å². The van der Waals surface area contributed by atoms with Crippen molar-refractivity contribution in [3.05, 3.63) is 0 Å². The van der Waals surface area contributed by atoms with Gasteiger partial charge in [-0.05, 0) is 38.1 Å². The number of hydrogen-bond donors (Lipinski definition) is 1. The number of carbonyl (C=O) groups excluding carboxylic acids is 1. The maximum atomic E-state index is 12.4. The van der Waals surface area contributed by atoms with Crippen molar-refractivity contribution >= 4 is 5.78 Å². The normalized spacial score (nSPS) is 31.8. The zero-order valence-electron chi connectivity index (χ0n) is 10.3. The fourth-order valence-electron chi connectivity index (χ4n) is 2.91. The fraction of sp³-hybridized carbons (Fsp3) is 0.923. The topological polar surface area (TPSA) is 38.3 Å². The molecule has 0 aromatic rings. The van der Waals surface area contributed by atoms with Crippen LogP contribution in [0.25, 0.3) is 0 Å². The van der Waals surface area contributed by atoms with Gasteiger partial charge in [-0.25, -0.2) is 0 Å². The van der Waals surface area contributed by atoms with Gasteiger partial charge in [-0.3, -0.25) is 4.79 Å². The second-order valence-electron chi connectivity index (χ2n) is 5.24. The summed E-state index contributed by atoms with van der Waals surface area (Å²) in [6.07, 6.45) is 4.93. The van der Waals surface area contributed by atoms with E-state index in [0.29, 0.717) is 11.7 Å². The van der Waals surface area contributed by atoms with E-state index in [-0.39, 0.29) is 5.41 Å². The van der Waals surface area contributed by atoms with Crippen molar-refractivity contribution < 1.29 is 9.53 Å². The number of nitrogens with one attached hydrogen (secondary N) is 1. The van der Waals surface area contributed by atoms with E-state index in [1.807, 2.05) is 0 Å². The molecule has 16 heavy (non-hydrogen) atoms. The standard InChI is InChI=1S/C13H23NO2/c1-2-13(5-6-14-10-13)12(15)9-11-3-7-16-8-4-11/h11,14H,2-10H2,1H3. The van der Waals surface area contributed by atoms with Crippen LogP contribution in [0.1, 0.15) is 39.0 Å². The summed E-state index contributed by atoms with van der Waals surface area (Å²) in [5.74, 6) is 1.07. The highest BCUT2D eigenvalue weighted by atomic mass is 16.5. The average molecular weight is 225 g/mol. The van der Waals surface area contributed by atoms with Crippen molar-refractivity contribution in [2.45, 2.75) is 39.0 Å². The summed E-state index contributed by atoms with van der Waals surface area (Å²) in [5, 5.41) is 3.34. The highest BCUT2D eigenvalue weighted by molar-refractivity contribution is 5.85. The van der Waals surface area contributed by atoms with E-state index in [1.165, 1.54) is 0 Å².